The molecule has 1 aromatic carbocycles. The summed E-state index contributed by atoms with van der Waals surface area (Å²) in [5, 5.41) is 3.50. The van der Waals surface area contributed by atoms with Gasteiger partial charge in [0.05, 0.1) is 0 Å². The highest BCUT2D eigenvalue weighted by molar-refractivity contribution is 6.30. The number of halogens is 1. The number of anilines is 1. The number of carbonyl (C=O) groups is 2. The average Bonchev–Trinajstić information content (AvgIpc) is 2.45. The van der Waals surface area contributed by atoms with Crippen LogP contribution in [0, 0.1) is 11.3 Å². The first-order valence-electron chi connectivity index (χ1n) is 7.63. The molecule has 120 valence electrons. The number of rotatable bonds is 2. The molecule has 22 heavy (non-hydrogen) atoms. The van der Waals surface area contributed by atoms with Crippen molar-refractivity contribution < 1.29 is 9.59 Å². The third-order valence-electron chi connectivity index (χ3n) is 3.89. The van der Waals surface area contributed by atoms with Crippen molar-refractivity contribution in [2.75, 3.05) is 18.4 Å². The predicted octanol–water partition coefficient (Wildman–Crippen LogP) is 3.56. The predicted molar refractivity (Wildman–Crippen MR) is 88.8 cm³/mol. The number of piperidine rings is 1. The number of hydrogen-bond donors (Lipinski definition) is 1. The highest BCUT2D eigenvalue weighted by Gasteiger charge is 2.32. The van der Waals surface area contributed by atoms with Crippen molar-refractivity contribution in [2.45, 2.75) is 33.6 Å². The number of amides is 2. The largest absolute Gasteiger partial charge is 0.342 e. The van der Waals surface area contributed by atoms with Gasteiger partial charge in [-0.1, -0.05) is 38.4 Å². The smallest absolute Gasteiger partial charge is 0.227 e. The highest BCUT2D eigenvalue weighted by Crippen LogP contribution is 2.25. The minimum absolute atomic E-state index is 0.00474. The van der Waals surface area contributed by atoms with Gasteiger partial charge in [0.1, 0.15) is 0 Å². The van der Waals surface area contributed by atoms with Crippen LogP contribution in [-0.2, 0) is 9.59 Å². The van der Waals surface area contributed by atoms with Gasteiger partial charge in [-0.2, -0.15) is 0 Å². The molecule has 1 aliphatic heterocycles. The second-order valence-electron chi connectivity index (χ2n) is 6.82. The molecule has 4 nitrogen and oxygen atoms in total. The number of nitrogens with one attached hydrogen (secondary N) is 1. The first-order chi connectivity index (χ1) is 10.3. The van der Waals surface area contributed by atoms with Crippen LogP contribution in [0.4, 0.5) is 5.69 Å². The molecular weight excluding hydrogens is 300 g/mol. The lowest BCUT2D eigenvalue weighted by Gasteiger charge is -2.35. The second-order valence-corrected chi connectivity index (χ2v) is 7.25. The van der Waals surface area contributed by atoms with Crippen molar-refractivity contribution in [3.8, 4) is 0 Å². The molecule has 2 amide bonds. The van der Waals surface area contributed by atoms with Gasteiger partial charge in [0.25, 0.3) is 0 Å². The van der Waals surface area contributed by atoms with Gasteiger partial charge in [-0.3, -0.25) is 9.59 Å². The number of nitrogens with zero attached hydrogens (tertiary/aromatic N) is 1. The van der Waals surface area contributed by atoms with E-state index in [9.17, 15) is 9.59 Å². The van der Waals surface area contributed by atoms with E-state index in [1.165, 1.54) is 0 Å². The molecule has 0 bridgehead atoms. The van der Waals surface area contributed by atoms with Crippen LogP contribution in [0.15, 0.2) is 24.3 Å². The third-order valence-corrected chi connectivity index (χ3v) is 4.12. The lowest BCUT2D eigenvalue weighted by molar-refractivity contribution is -0.142. The molecule has 0 aromatic heterocycles. The van der Waals surface area contributed by atoms with Crippen molar-refractivity contribution in [3.05, 3.63) is 29.3 Å². The molecule has 1 aromatic rings. The quantitative estimate of drug-likeness (QED) is 0.905. The summed E-state index contributed by atoms with van der Waals surface area (Å²) in [4.78, 5) is 26.4. The Bertz CT molecular complexity index is 558. The summed E-state index contributed by atoms with van der Waals surface area (Å²) in [7, 11) is 0. The Kier molecular flexibility index (Phi) is 5.12. The van der Waals surface area contributed by atoms with Crippen LogP contribution in [0.3, 0.4) is 0 Å². The highest BCUT2D eigenvalue weighted by atomic mass is 35.5. The zero-order valence-electron chi connectivity index (χ0n) is 13.4. The van der Waals surface area contributed by atoms with Gasteiger partial charge in [0, 0.05) is 35.1 Å². The molecule has 0 aliphatic carbocycles. The van der Waals surface area contributed by atoms with E-state index in [2.05, 4.69) is 5.32 Å². The Labute approximate surface area is 136 Å². The van der Waals surface area contributed by atoms with E-state index in [1.54, 1.807) is 12.1 Å². The summed E-state index contributed by atoms with van der Waals surface area (Å²) >= 11 is 5.92. The molecule has 1 saturated heterocycles. The molecule has 2 rings (SSSR count). The van der Waals surface area contributed by atoms with Crippen LogP contribution < -0.4 is 5.32 Å². The topological polar surface area (TPSA) is 49.4 Å². The van der Waals surface area contributed by atoms with Crippen LogP contribution in [0.25, 0.3) is 0 Å². The SMILES string of the molecule is CC(C)(C)C(=O)N1CCC(C(=O)Nc2cccc(Cl)c2)CC1. The van der Waals surface area contributed by atoms with E-state index >= 15 is 0 Å². The normalized spacial score (nSPS) is 16.5. The van der Waals surface area contributed by atoms with Crippen molar-refractivity contribution in [3.63, 3.8) is 0 Å². The lowest BCUT2D eigenvalue weighted by Crippen LogP contribution is -2.45. The average molecular weight is 323 g/mol. The minimum Gasteiger partial charge on any atom is -0.342 e. The van der Waals surface area contributed by atoms with E-state index < -0.39 is 0 Å². The summed E-state index contributed by atoms with van der Waals surface area (Å²) in [5.74, 6) is 0.106. The zero-order valence-corrected chi connectivity index (χ0v) is 14.1. The molecule has 0 radical (unpaired) electrons. The Morgan fingerprint density at radius 3 is 2.41 bits per heavy atom. The second kappa shape index (κ2) is 6.69. The molecule has 0 spiro atoms. The molecule has 0 saturated carbocycles. The maximum absolute atomic E-state index is 12.3. The van der Waals surface area contributed by atoms with Gasteiger partial charge in [-0.05, 0) is 31.0 Å². The number of carbonyl (C=O) groups excluding carboxylic acids is 2. The Hall–Kier alpha value is -1.55. The van der Waals surface area contributed by atoms with Gasteiger partial charge in [-0.15, -0.1) is 0 Å². The zero-order chi connectivity index (χ0) is 16.3. The van der Waals surface area contributed by atoms with Crippen LogP contribution >= 0.6 is 11.6 Å². The van der Waals surface area contributed by atoms with Gasteiger partial charge in [-0.25, -0.2) is 0 Å². The number of likely N-dealkylation sites (tertiary alicyclic amines) is 1. The van der Waals surface area contributed by atoms with Crippen molar-refractivity contribution >= 4 is 29.1 Å². The fourth-order valence-corrected chi connectivity index (χ4v) is 2.82. The van der Waals surface area contributed by atoms with Gasteiger partial charge in [0.2, 0.25) is 11.8 Å². The maximum Gasteiger partial charge on any atom is 0.227 e. The van der Waals surface area contributed by atoms with E-state index in [4.69, 9.17) is 11.6 Å². The summed E-state index contributed by atoms with van der Waals surface area (Å²) in [6.07, 6.45) is 1.41. The Morgan fingerprint density at radius 1 is 1.23 bits per heavy atom. The summed E-state index contributed by atoms with van der Waals surface area (Å²) in [6.45, 7) is 7.06. The first-order valence-corrected chi connectivity index (χ1v) is 8.01. The van der Waals surface area contributed by atoms with Crippen LogP contribution in [0.5, 0.6) is 0 Å². The Balaban J connectivity index is 1.89. The fourth-order valence-electron chi connectivity index (χ4n) is 2.63. The monoisotopic (exact) mass is 322 g/mol. The molecule has 0 unspecified atom stereocenters. The third kappa shape index (κ3) is 4.23. The van der Waals surface area contributed by atoms with Crippen molar-refractivity contribution in [2.24, 2.45) is 11.3 Å². The van der Waals surface area contributed by atoms with Crippen LogP contribution in [-0.4, -0.2) is 29.8 Å². The maximum atomic E-state index is 12.3. The molecular formula is C17H23ClN2O2. The van der Waals surface area contributed by atoms with Gasteiger partial charge in [0.15, 0.2) is 0 Å². The first kappa shape index (κ1) is 16.8. The van der Waals surface area contributed by atoms with Gasteiger partial charge >= 0.3 is 0 Å². The van der Waals surface area contributed by atoms with E-state index in [0.717, 1.165) is 0 Å². The standard InChI is InChI=1S/C17H23ClN2O2/c1-17(2,3)16(22)20-9-7-12(8-10-20)15(21)19-14-6-4-5-13(18)11-14/h4-6,11-12H,7-10H2,1-3H3,(H,19,21). The summed E-state index contributed by atoms with van der Waals surface area (Å²) in [5.41, 5.74) is 0.348. The van der Waals surface area contributed by atoms with E-state index in [1.807, 2.05) is 37.8 Å². The molecule has 1 N–H and O–H groups in total. The number of hydrogen-bond acceptors (Lipinski definition) is 2. The van der Waals surface area contributed by atoms with Crippen LogP contribution in [0.1, 0.15) is 33.6 Å². The lowest BCUT2D eigenvalue weighted by atomic mass is 9.90. The summed E-state index contributed by atoms with van der Waals surface area (Å²) < 4.78 is 0. The summed E-state index contributed by atoms with van der Waals surface area (Å²) in [6, 6.07) is 7.14. The molecule has 1 aliphatic rings. The molecule has 0 atom stereocenters. The molecule has 1 heterocycles. The Morgan fingerprint density at radius 2 is 1.86 bits per heavy atom. The van der Waals surface area contributed by atoms with Crippen molar-refractivity contribution in [1.82, 2.24) is 4.90 Å². The fraction of sp³-hybridized carbons (Fsp3) is 0.529. The van der Waals surface area contributed by atoms with E-state index in [-0.39, 0.29) is 23.1 Å². The van der Waals surface area contributed by atoms with Crippen molar-refractivity contribution in [1.29, 1.82) is 0 Å². The minimum atomic E-state index is -0.365. The molecule has 5 heteroatoms. The molecule has 1 fully saturated rings. The van der Waals surface area contributed by atoms with E-state index in [0.29, 0.717) is 36.6 Å². The van der Waals surface area contributed by atoms with Crippen LogP contribution in [0.2, 0.25) is 5.02 Å². The van der Waals surface area contributed by atoms with Gasteiger partial charge < -0.3 is 10.2 Å². The number of benzene rings is 1.